The van der Waals surface area contributed by atoms with E-state index in [1.165, 1.54) is 0 Å². The van der Waals surface area contributed by atoms with Crippen LogP contribution in [0.3, 0.4) is 0 Å². The first kappa shape index (κ1) is 17.7. The Bertz CT molecular complexity index is 985. The van der Waals surface area contributed by atoms with Crippen LogP contribution in [0.5, 0.6) is 0 Å². The number of pyridine rings is 1. The smallest absolute Gasteiger partial charge is 0.243 e. The van der Waals surface area contributed by atoms with Crippen molar-refractivity contribution in [2.75, 3.05) is 11.9 Å². The third-order valence-electron chi connectivity index (χ3n) is 4.43. The van der Waals surface area contributed by atoms with E-state index in [9.17, 15) is 9.59 Å². The predicted molar refractivity (Wildman–Crippen MR) is 98.9 cm³/mol. The molecule has 3 N–H and O–H groups in total. The van der Waals surface area contributed by atoms with Crippen molar-refractivity contribution in [2.45, 2.75) is 27.2 Å². The standard InChI is InChI=1S/C18H22N6O2/c1-10-13(18-14(21-10)6-5-7-19-18)8-15(25)20-9-16(26)22-17-11(2)23-24(4)12(17)3/h5-7,21H,8-9H2,1-4H3,(H,20,25)(H,22,26). The fourth-order valence-corrected chi connectivity index (χ4v) is 2.96. The average molecular weight is 354 g/mol. The minimum atomic E-state index is -0.286. The fraction of sp³-hybridized carbons (Fsp3) is 0.333. The molecule has 0 unspecified atom stereocenters. The number of H-pyrrole nitrogens is 1. The number of anilines is 1. The first-order valence-corrected chi connectivity index (χ1v) is 8.35. The number of aromatic nitrogens is 4. The molecule has 3 rings (SSSR count). The minimum Gasteiger partial charge on any atom is -0.357 e. The van der Waals surface area contributed by atoms with E-state index in [0.29, 0.717) is 5.69 Å². The summed E-state index contributed by atoms with van der Waals surface area (Å²) in [6.07, 6.45) is 1.87. The summed E-state index contributed by atoms with van der Waals surface area (Å²) in [6, 6.07) is 3.76. The molecule has 26 heavy (non-hydrogen) atoms. The van der Waals surface area contributed by atoms with Crippen LogP contribution < -0.4 is 10.6 Å². The molecule has 0 radical (unpaired) electrons. The largest absolute Gasteiger partial charge is 0.357 e. The van der Waals surface area contributed by atoms with Gasteiger partial charge in [0.05, 0.1) is 41.1 Å². The van der Waals surface area contributed by atoms with Crippen LogP contribution in [-0.4, -0.2) is 38.1 Å². The second-order valence-electron chi connectivity index (χ2n) is 6.30. The Morgan fingerprint density at radius 1 is 1.23 bits per heavy atom. The third kappa shape index (κ3) is 3.44. The molecule has 8 nitrogen and oxygen atoms in total. The number of fused-ring (bicyclic) bond motifs is 1. The lowest BCUT2D eigenvalue weighted by atomic mass is 10.1. The Labute approximate surface area is 151 Å². The van der Waals surface area contributed by atoms with Crippen molar-refractivity contribution in [3.05, 3.63) is 41.0 Å². The minimum absolute atomic E-state index is 0.0958. The molecule has 3 heterocycles. The molecule has 8 heteroatoms. The highest BCUT2D eigenvalue weighted by Gasteiger charge is 2.15. The monoisotopic (exact) mass is 354 g/mol. The van der Waals surface area contributed by atoms with Crippen LogP contribution in [0, 0.1) is 20.8 Å². The number of nitrogens with one attached hydrogen (secondary N) is 3. The zero-order valence-corrected chi connectivity index (χ0v) is 15.3. The molecule has 0 spiro atoms. The molecule has 2 amide bonds. The van der Waals surface area contributed by atoms with Gasteiger partial charge in [-0.05, 0) is 32.9 Å². The molecule has 3 aromatic heterocycles. The molecule has 136 valence electrons. The molecule has 0 saturated carbocycles. The SMILES string of the molecule is Cc1nn(C)c(C)c1NC(=O)CNC(=O)Cc1c(C)[nH]c2cccnc12. The van der Waals surface area contributed by atoms with Crippen LogP contribution in [0.2, 0.25) is 0 Å². The fourth-order valence-electron chi connectivity index (χ4n) is 2.96. The Hall–Kier alpha value is -3.16. The van der Waals surface area contributed by atoms with Crippen LogP contribution in [0.4, 0.5) is 5.69 Å². The van der Waals surface area contributed by atoms with Crippen molar-refractivity contribution < 1.29 is 9.59 Å². The summed E-state index contributed by atoms with van der Waals surface area (Å²) in [5.74, 6) is -0.513. The lowest BCUT2D eigenvalue weighted by molar-refractivity contribution is -0.123. The molecule has 3 aromatic rings. The lowest BCUT2D eigenvalue weighted by Crippen LogP contribution is -2.34. The Kier molecular flexibility index (Phi) is 4.75. The zero-order valence-electron chi connectivity index (χ0n) is 15.3. The number of carbonyl (C=O) groups excluding carboxylic acids is 2. The molecule has 0 aliphatic carbocycles. The Morgan fingerprint density at radius 3 is 2.69 bits per heavy atom. The predicted octanol–water partition coefficient (Wildman–Crippen LogP) is 1.52. The maximum atomic E-state index is 12.3. The summed E-state index contributed by atoms with van der Waals surface area (Å²) in [4.78, 5) is 31.9. The van der Waals surface area contributed by atoms with Gasteiger partial charge in [-0.15, -0.1) is 0 Å². The average Bonchev–Trinajstić information content (AvgIpc) is 3.04. The highest BCUT2D eigenvalue weighted by molar-refractivity contribution is 5.96. The highest BCUT2D eigenvalue weighted by Crippen LogP contribution is 2.20. The Morgan fingerprint density at radius 2 is 2.00 bits per heavy atom. The first-order valence-electron chi connectivity index (χ1n) is 8.35. The van der Waals surface area contributed by atoms with Crippen molar-refractivity contribution in [1.82, 2.24) is 25.1 Å². The maximum absolute atomic E-state index is 12.3. The first-order chi connectivity index (χ1) is 12.4. The number of hydrogen-bond donors (Lipinski definition) is 3. The van der Waals surface area contributed by atoms with E-state index < -0.39 is 0 Å². The lowest BCUT2D eigenvalue weighted by Gasteiger charge is -2.07. The van der Waals surface area contributed by atoms with E-state index in [0.717, 1.165) is 33.7 Å². The highest BCUT2D eigenvalue weighted by atomic mass is 16.2. The molecule has 0 fully saturated rings. The van der Waals surface area contributed by atoms with Crippen LogP contribution in [0.1, 0.15) is 22.6 Å². The molecule has 0 aliphatic rings. The zero-order chi connectivity index (χ0) is 18.8. The van der Waals surface area contributed by atoms with E-state index in [1.54, 1.807) is 10.9 Å². The van der Waals surface area contributed by atoms with Gasteiger partial charge in [0, 0.05) is 24.5 Å². The van der Waals surface area contributed by atoms with Gasteiger partial charge in [0.2, 0.25) is 11.8 Å². The van der Waals surface area contributed by atoms with Crippen molar-refractivity contribution in [1.29, 1.82) is 0 Å². The van der Waals surface area contributed by atoms with Crippen LogP contribution in [-0.2, 0) is 23.1 Å². The van der Waals surface area contributed by atoms with Crippen LogP contribution in [0.25, 0.3) is 11.0 Å². The second kappa shape index (κ2) is 6.99. The normalized spacial score (nSPS) is 10.9. The number of hydrogen-bond acceptors (Lipinski definition) is 4. The van der Waals surface area contributed by atoms with Crippen molar-refractivity contribution in [2.24, 2.45) is 7.05 Å². The van der Waals surface area contributed by atoms with Gasteiger partial charge in [-0.1, -0.05) is 0 Å². The maximum Gasteiger partial charge on any atom is 0.243 e. The second-order valence-corrected chi connectivity index (χ2v) is 6.30. The quantitative estimate of drug-likeness (QED) is 0.646. The molecule has 0 aliphatic heterocycles. The van der Waals surface area contributed by atoms with Gasteiger partial charge >= 0.3 is 0 Å². The van der Waals surface area contributed by atoms with Gasteiger partial charge in [-0.2, -0.15) is 5.10 Å². The summed E-state index contributed by atoms with van der Waals surface area (Å²) >= 11 is 0. The van der Waals surface area contributed by atoms with Gasteiger partial charge < -0.3 is 15.6 Å². The summed E-state index contributed by atoms with van der Waals surface area (Å²) in [7, 11) is 1.82. The molecule has 0 aromatic carbocycles. The number of aromatic amines is 1. The summed E-state index contributed by atoms with van der Waals surface area (Å²) in [5, 5.41) is 9.71. The number of aryl methyl sites for hydroxylation is 3. The number of amides is 2. The topological polar surface area (TPSA) is 105 Å². The van der Waals surface area contributed by atoms with E-state index in [2.05, 4.69) is 25.7 Å². The molecule has 0 bridgehead atoms. The summed E-state index contributed by atoms with van der Waals surface area (Å²) in [5.41, 5.74) is 5.72. The van der Waals surface area contributed by atoms with Gasteiger partial charge in [-0.25, -0.2) is 0 Å². The molecule has 0 saturated heterocycles. The van der Waals surface area contributed by atoms with E-state index in [1.807, 2.05) is 40.0 Å². The van der Waals surface area contributed by atoms with Crippen molar-refractivity contribution in [3.8, 4) is 0 Å². The van der Waals surface area contributed by atoms with E-state index >= 15 is 0 Å². The summed E-state index contributed by atoms with van der Waals surface area (Å²) in [6.45, 7) is 5.52. The third-order valence-corrected chi connectivity index (χ3v) is 4.43. The molecule has 0 atom stereocenters. The van der Waals surface area contributed by atoms with Gasteiger partial charge in [-0.3, -0.25) is 19.3 Å². The molecular formula is C18H22N6O2. The van der Waals surface area contributed by atoms with Gasteiger partial charge in [0.25, 0.3) is 0 Å². The van der Waals surface area contributed by atoms with Crippen LogP contribution in [0.15, 0.2) is 18.3 Å². The van der Waals surface area contributed by atoms with Gasteiger partial charge in [0.1, 0.15) is 0 Å². The number of rotatable bonds is 5. The summed E-state index contributed by atoms with van der Waals surface area (Å²) < 4.78 is 1.70. The van der Waals surface area contributed by atoms with Crippen molar-refractivity contribution in [3.63, 3.8) is 0 Å². The Balaban J connectivity index is 1.60. The van der Waals surface area contributed by atoms with Crippen molar-refractivity contribution >= 4 is 28.5 Å². The van der Waals surface area contributed by atoms with Crippen LogP contribution >= 0.6 is 0 Å². The number of nitrogens with zero attached hydrogens (tertiary/aromatic N) is 3. The number of carbonyl (C=O) groups is 2. The van der Waals surface area contributed by atoms with E-state index in [-0.39, 0.29) is 24.8 Å². The van der Waals surface area contributed by atoms with Gasteiger partial charge in [0.15, 0.2) is 0 Å². The van der Waals surface area contributed by atoms with E-state index in [4.69, 9.17) is 0 Å². The molecular weight excluding hydrogens is 332 g/mol.